The Morgan fingerprint density at radius 2 is 2.08 bits per heavy atom. The van der Waals surface area contributed by atoms with Crippen LogP contribution in [0.4, 0.5) is 4.79 Å². The smallest absolute Gasteiger partial charge is 0.410 e. The van der Waals surface area contributed by atoms with Gasteiger partial charge >= 0.3 is 6.09 Å². The first-order valence-corrected chi connectivity index (χ1v) is 9.91. The van der Waals surface area contributed by atoms with Gasteiger partial charge in [0.15, 0.2) is 0 Å². The summed E-state index contributed by atoms with van der Waals surface area (Å²) in [5, 5.41) is 0. The van der Waals surface area contributed by atoms with E-state index in [-0.39, 0.29) is 12.1 Å². The minimum atomic E-state index is -0.270. The van der Waals surface area contributed by atoms with E-state index in [9.17, 15) is 4.79 Å². The normalized spacial score (nSPS) is 17.4. The van der Waals surface area contributed by atoms with Gasteiger partial charge < -0.3 is 9.72 Å². The van der Waals surface area contributed by atoms with E-state index in [2.05, 4.69) is 33.6 Å². The molecule has 1 unspecified atom stereocenters. The van der Waals surface area contributed by atoms with Crippen LogP contribution in [0.15, 0.2) is 48.5 Å². The van der Waals surface area contributed by atoms with E-state index in [1.54, 1.807) is 0 Å². The van der Waals surface area contributed by atoms with Crippen LogP contribution in [0.2, 0.25) is 0 Å². The number of fused-ring (bicyclic) bond motifs is 1. The number of imidazole rings is 1. The standard InChI is InChI=1S/C20H20IN3O2/c21-15-9-10-16-17(12-15)23-19(22-16)18-8-4-5-11-24(18)20(25)26-13-14-6-2-1-3-7-14/h1-3,6-7,9-10,12,18H,4-5,8,11,13H2,(H,22,23). The second kappa shape index (κ2) is 7.65. The van der Waals surface area contributed by atoms with E-state index in [1.807, 2.05) is 47.4 Å². The maximum Gasteiger partial charge on any atom is 0.410 e. The number of likely N-dealkylation sites (tertiary alicyclic amines) is 1. The molecular weight excluding hydrogens is 441 g/mol. The molecule has 1 aliphatic rings. The Balaban J connectivity index is 1.52. The lowest BCUT2D eigenvalue weighted by molar-refractivity contribution is 0.0661. The van der Waals surface area contributed by atoms with Crippen molar-refractivity contribution in [1.29, 1.82) is 0 Å². The summed E-state index contributed by atoms with van der Waals surface area (Å²) in [5.41, 5.74) is 2.94. The van der Waals surface area contributed by atoms with Gasteiger partial charge in [-0.3, -0.25) is 4.90 Å². The number of nitrogens with one attached hydrogen (secondary N) is 1. The number of ether oxygens (including phenoxy) is 1. The fourth-order valence-corrected chi connectivity index (χ4v) is 3.89. The van der Waals surface area contributed by atoms with Crippen molar-refractivity contribution in [1.82, 2.24) is 14.9 Å². The number of rotatable bonds is 3. The molecule has 1 saturated heterocycles. The second-order valence-corrected chi connectivity index (χ2v) is 7.77. The van der Waals surface area contributed by atoms with E-state index in [0.29, 0.717) is 13.2 Å². The fraction of sp³-hybridized carbons (Fsp3) is 0.300. The number of aromatic nitrogens is 2. The Morgan fingerprint density at radius 1 is 1.23 bits per heavy atom. The minimum absolute atomic E-state index is 0.0583. The molecule has 2 aromatic carbocycles. The van der Waals surface area contributed by atoms with Crippen LogP contribution in [0.5, 0.6) is 0 Å². The maximum absolute atomic E-state index is 12.7. The highest BCUT2D eigenvalue weighted by molar-refractivity contribution is 14.1. The number of amides is 1. The number of halogens is 1. The van der Waals surface area contributed by atoms with Crippen LogP contribution < -0.4 is 0 Å². The molecule has 5 nitrogen and oxygen atoms in total. The van der Waals surface area contributed by atoms with E-state index in [1.165, 1.54) is 0 Å². The fourth-order valence-electron chi connectivity index (χ4n) is 3.40. The number of nitrogens with zero attached hydrogens (tertiary/aromatic N) is 2. The van der Waals surface area contributed by atoms with Gasteiger partial charge in [-0.05, 0) is 65.6 Å². The maximum atomic E-state index is 12.7. The number of carbonyl (C=O) groups excluding carboxylic acids is 1. The average molecular weight is 461 g/mol. The molecule has 1 amide bonds. The highest BCUT2D eigenvalue weighted by atomic mass is 127. The Hall–Kier alpha value is -2.09. The summed E-state index contributed by atoms with van der Waals surface area (Å²) in [6.45, 7) is 0.994. The van der Waals surface area contributed by atoms with E-state index >= 15 is 0 Å². The van der Waals surface area contributed by atoms with Gasteiger partial charge in [0.25, 0.3) is 0 Å². The molecule has 3 aromatic rings. The lowest BCUT2D eigenvalue weighted by atomic mass is 10.0. The van der Waals surface area contributed by atoms with E-state index < -0.39 is 0 Å². The molecule has 1 atom stereocenters. The minimum Gasteiger partial charge on any atom is -0.445 e. The summed E-state index contributed by atoms with van der Waals surface area (Å²) in [7, 11) is 0. The van der Waals surface area contributed by atoms with Gasteiger partial charge in [0.2, 0.25) is 0 Å². The molecule has 2 heterocycles. The number of benzene rings is 2. The largest absolute Gasteiger partial charge is 0.445 e. The Kier molecular flexibility index (Phi) is 5.10. The van der Waals surface area contributed by atoms with E-state index in [4.69, 9.17) is 9.72 Å². The lowest BCUT2D eigenvalue weighted by Gasteiger charge is -2.33. The number of hydrogen-bond donors (Lipinski definition) is 1. The third-order valence-electron chi connectivity index (χ3n) is 4.72. The number of H-pyrrole nitrogens is 1. The van der Waals surface area contributed by atoms with Gasteiger partial charge in [0, 0.05) is 10.1 Å². The zero-order valence-corrected chi connectivity index (χ0v) is 16.5. The lowest BCUT2D eigenvalue weighted by Crippen LogP contribution is -2.39. The topological polar surface area (TPSA) is 58.2 Å². The average Bonchev–Trinajstić information content (AvgIpc) is 3.10. The van der Waals surface area contributed by atoms with Gasteiger partial charge in [-0.15, -0.1) is 0 Å². The number of aromatic amines is 1. The van der Waals surface area contributed by atoms with Gasteiger partial charge in [0.05, 0.1) is 17.1 Å². The van der Waals surface area contributed by atoms with Crippen molar-refractivity contribution in [2.45, 2.75) is 31.9 Å². The monoisotopic (exact) mass is 461 g/mol. The van der Waals surface area contributed by atoms with Crippen molar-refractivity contribution < 1.29 is 9.53 Å². The summed E-state index contributed by atoms with van der Waals surface area (Å²) in [6.07, 6.45) is 2.71. The SMILES string of the molecule is O=C(OCc1ccccc1)N1CCCCC1c1nc2ccc(I)cc2[nH]1. The molecule has 4 rings (SSSR count). The molecule has 1 fully saturated rings. The van der Waals surface area contributed by atoms with Gasteiger partial charge in [-0.2, -0.15) is 0 Å². The van der Waals surface area contributed by atoms with Crippen molar-refractivity contribution in [3.05, 3.63) is 63.5 Å². The Labute approximate surface area is 165 Å². The molecule has 0 spiro atoms. The number of piperidine rings is 1. The Bertz CT molecular complexity index is 910. The summed E-state index contributed by atoms with van der Waals surface area (Å²) in [4.78, 5) is 22.6. The molecule has 0 saturated carbocycles. The zero-order chi connectivity index (χ0) is 17.9. The van der Waals surface area contributed by atoms with Crippen molar-refractivity contribution in [3.63, 3.8) is 0 Å². The highest BCUT2D eigenvalue weighted by Gasteiger charge is 2.31. The summed E-state index contributed by atoms with van der Waals surface area (Å²) >= 11 is 2.29. The highest BCUT2D eigenvalue weighted by Crippen LogP contribution is 2.31. The zero-order valence-electron chi connectivity index (χ0n) is 14.3. The molecule has 1 aliphatic heterocycles. The van der Waals surface area contributed by atoms with Crippen molar-refractivity contribution in [2.24, 2.45) is 0 Å². The van der Waals surface area contributed by atoms with Gasteiger partial charge in [0.1, 0.15) is 12.4 Å². The first-order chi connectivity index (χ1) is 12.7. The van der Waals surface area contributed by atoms with Gasteiger partial charge in [-0.1, -0.05) is 30.3 Å². The Morgan fingerprint density at radius 3 is 2.92 bits per heavy atom. The molecule has 0 aliphatic carbocycles. The van der Waals surface area contributed by atoms with Crippen molar-refractivity contribution >= 4 is 39.7 Å². The number of hydrogen-bond acceptors (Lipinski definition) is 3. The van der Waals surface area contributed by atoms with Crippen LogP contribution in [0.25, 0.3) is 11.0 Å². The number of carbonyl (C=O) groups is 1. The predicted octanol–water partition coefficient (Wildman–Crippen LogP) is 5.03. The molecule has 0 bridgehead atoms. The molecule has 134 valence electrons. The van der Waals surface area contributed by atoms with Crippen molar-refractivity contribution in [3.8, 4) is 0 Å². The third-order valence-corrected chi connectivity index (χ3v) is 5.39. The van der Waals surface area contributed by atoms with Crippen LogP contribution in [0.3, 0.4) is 0 Å². The molecule has 1 aromatic heterocycles. The van der Waals surface area contributed by atoms with Crippen LogP contribution in [-0.4, -0.2) is 27.5 Å². The third kappa shape index (κ3) is 3.70. The van der Waals surface area contributed by atoms with E-state index in [0.717, 1.165) is 45.3 Å². The first-order valence-electron chi connectivity index (χ1n) is 8.83. The molecular formula is C20H20IN3O2. The molecule has 6 heteroatoms. The molecule has 1 N–H and O–H groups in total. The summed E-state index contributed by atoms with van der Waals surface area (Å²) in [6, 6.07) is 15.8. The quantitative estimate of drug-likeness (QED) is 0.557. The van der Waals surface area contributed by atoms with Crippen LogP contribution in [0, 0.1) is 3.57 Å². The van der Waals surface area contributed by atoms with Gasteiger partial charge in [-0.25, -0.2) is 9.78 Å². The van der Waals surface area contributed by atoms with Crippen LogP contribution >= 0.6 is 22.6 Å². The summed E-state index contributed by atoms with van der Waals surface area (Å²) in [5.74, 6) is 0.846. The predicted molar refractivity (Wildman–Crippen MR) is 109 cm³/mol. The molecule has 0 radical (unpaired) electrons. The van der Waals surface area contributed by atoms with Crippen LogP contribution in [-0.2, 0) is 11.3 Å². The summed E-state index contributed by atoms with van der Waals surface area (Å²) < 4.78 is 6.72. The second-order valence-electron chi connectivity index (χ2n) is 6.53. The molecule has 26 heavy (non-hydrogen) atoms. The first kappa shape index (κ1) is 17.3. The van der Waals surface area contributed by atoms with Crippen molar-refractivity contribution in [2.75, 3.05) is 6.54 Å². The van der Waals surface area contributed by atoms with Crippen LogP contribution in [0.1, 0.15) is 36.7 Å².